The SMILES string of the molecule is O=C(CC1CCNC1)NCCN1CCOCC1. The van der Waals surface area contributed by atoms with Crippen molar-refractivity contribution in [2.75, 3.05) is 52.5 Å². The zero-order chi connectivity index (χ0) is 11.9. The first-order valence-corrected chi connectivity index (χ1v) is 6.62. The summed E-state index contributed by atoms with van der Waals surface area (Å²) in [6.07, 6.45) is 1.81. The van der Waals surface area contributed by atoms with E-state index >= 15 is 0 Å². The standard InChI is InChI=1S/C12H23N3O2/c16-12(9-11-1-2-13-10-11)14-3-4-15-5-7-17-8-6-15/h11,13H,1-10H2,(H,14,16). The lowest BCUT2D eigenvalue weighted by Crippen LogP contribution is -2.41. The van der Waals surface area contributed by atoms with E-state index in [1.54, 1.807) is 0 Å². The van der Waals surface area contributed by atoms with E-state index in [4.69, 9.17) is 4.74 Å². The molecule has 5 heteroatoms. The zero-order valence-electron chi connectivity index (χ0n) is 10.4. The van der Waals surface area contributed by atoms with Gasteiger partial charge in [-0.2, -0.15) is 0 Å². The Bertz CT molecular complexity index is 236. The molecule has 2 rings (SSSR count). The fourth-order valence-corrected chi connectivity index (χ4v) is 2.40. The van der Waals surface area contributed by atoms with Crippen molar-refractivity contribution in [3.8, 4) is 0 Å². The van der Waals surface area contributed by atoms with Crippen LogP contribution in [0.3, 0.4) is 0 Å². The monoisotopic (exact) mass is 241 g/mol. The lowest BCUT2D eigenvalue weighted by atomic mass is 10.0. The Kier molecular flexibility index (Phi) is 5.22. The van der Waals surface area contributed by atoms with Crippen LogP contribution in [0, 0.1) is 5.92 Å². The molecular formula is C12H23N3O2. The van der Waals surface area contributed by atoms with E-state index < -0.39 is 0 Å². The van der Waals surface area contributed by atoms with Crippen LogP contribution in [0.4, 0.5) is 0 Å². The van der Waals surface area contributed by atoms with Crippen molar-refractivity contribution in [3.63, 3.8) is 0 Å². The second kappa shape index (κ2) is 6.93. The predicted molar refractivity (Wildman–Crippen MR) is 65.9 cm³/mol. The molecule has 1 atom stereocenters. The minimum absolute atomic E-state index is 0.201. The number of morpholine rings is 1. The van der Waals surface area contributed by atoms with Crippen molar-refractivity contribution in [1.29, 1.82) is 0 Å². The molecule has 1 unspecified atom stereocenters. The van der Waals surface area contributed by atoms with E-state index in [1.807, 2.05) is 0 Å². The van der Waals surface area contributed by atoms with E-state index in [1.165, 1.54) is 0 Å². The van der Waals surface area contributed by atoms with Crippen molar-refractivity contribution >= 4 is 5.91 Å². The first kappa shape index (κ1) is 12.8. The molecule has 0 radical (unpaired) electrons. The molecule has 2 N–H and O–H groups in total. The number of hydrogen-bond donors (Lipinski definition) is 2. The lowest BCUT2D eigenvalue weighted by molar-refractivity contribution is -0.121. The van der Waals surface area contributed by atoms with Crippen LogP contribution >= 0.6 is 0 Å². The summed E-state index contributed by atoms with van der Waals surface area (Å²) in [7, 11) is 0. The van der Waals surface area contributed by atoms with Gasteiger partial charge >= 0.3 is 0 Å². The molecule has 0 aromatic heterocycles. The summed E-state index contributed by atoms with van der Waals surface area (Å²) in [5.41, 5.74) is 0. The molecule has 0 bridgehead atoms. The average molecular weight is 241 g/mol. The van der Waals surface area contributed by atoms with Gasteiger partial charge < -0.3 is 15.4 Å². The molecule has 2 aliphatic rings. The summed E-state index contributed by atoms with van der Waals surface area (Å²) in [4.78, 5) is 14.0. The van der Waals surface area contributed by atoms with E-state index in [2.05, 4.69) is 15.5 Å². The number of hydrogen-bond acceptors (Lipinski definition) is 4. The molecule has 98 valence electrons. The van der Waals surface area contributed by atoms with Gasteiger partial charge in [0.15, 0.2) is 0 Å². The summed E-state index contributed by atoms with van der Waals surface area (Å²) >= 11 is 0. The third kappa shape index (κ3) is 4.61. The van der Waals surface area contributed by atoms with Gasteiger partial charge in [-0.25, -0.2) is 0 Å². The van der Waals surface area contributed by atoms with Gasteiger partial charge in [0.1, 0.15) is 0 Å². The smallest absolute Gasteiger partial charge is 0.220 e. The average Bonchev–Trinajstić information content (AvgIpc) is 2.83. The number of rotatable bonds is 5. The van der Waals surface area contributed by atoms with Crippen LogP contribution < -0.4 is 10.6 Å². The van der Waals surface area contributed by atoms with Gasteiger partial charge in [-0.05, 0) is 25.4 Å². The summed E-state index contributed by atoms with van der Waals surface area (Å²) in [6, 6.07) is 0. The van der Waals surface area contributed by atoms with Crippen molar-refractivity contribution < 1.29 is 9.53 Å². The fraction of sp³-hybridized carbons (Fsp3) is 0.917. The molecule has 0 aromatic carbocycles. The van der Waals surface area contributed by atoms with Crippen LogP contribution in [0.1, 0.15) is 12.8 Å². The Labute approximate surface area is 103 Å². The predicted octanol–water partition coefficient (Wildman–Crippen LogP) is -0.566. The number of nitrogens with zero attached hydrogens (tertiary/aromatic N) is 1. The minimum atomic E-state index is 0.201. The maximum absolute atomic E-state index is 11.7. The summed E-state index contributed by atoms with van der Waals surface area (Å²) < 4.78 is 5.28. The van der Waals surface area contributed by atoms with Gasteiger partial charge in [0.2, 0.25) is 5.91 Å². The molecule has 5 nitrogen and oxygen atoms in total. The van der Waals surface area contributed by atoms with Crippen molar-refractivity contribution in [2.24, 2.45) is 5.92 Å². The van der Waals surface area contributed by atoms with Gasteiger partial charge in [0.25, 0.3) is 0 Å². The van der Waals surface area contributed by atoms with Gasteiger partial charge in [0.05, 0.1) is 13.2 Å². The molecule has 0 aromatic rings. The van der Waals surface area contributed by atoms with Crippen LogP contribution in [0.25, 0.3) is 0 Å². The molecule has 2 heterocycles. The highest BCUT2D eigenvalue weighted by Gasteiger charge is 2.18. The molecular weight excluding hydrogens is 218 g/mol. The highest BCUT2D eigenvalue weighted by atomic mass is 16.5. The van der Waals surface area contributed by atoms with E-state index in [0.29, 0.717) is 12.3 Å². The Morgan fingerprint density at radius 3 is 2.94 bits per heavy atom. The lowest BCUT2D eigenvalue weighted by Gasteiger charge is -2.26. The number of nitrogens with one attached hydrogen (secondary N) is 2. The number of ether oxygens (including phenoxy) is 1. The normalized spacial score (nSPS) is 26.0. The third-order valence-corrected chi connectivity index (χ3v) is 3.49. The van der Waals surface area contributed by atoms with E-state index in [9.17, 15) is 4.79 Å². The second-order valence-electron chi connectivity index (χ2n) is 4.87. The van der Waals surface area contributed by atoms with Gasteiger partial charge in [0, 0.05) is 32.6 Å². The molecule has 0 spiro atoms. The molecule has 1 amide bonds. The minimum Gasteiger partial charge on any atom is -0.379 e. The first-order valence-electron chi connectivity index (χ1n) is 6.62. The topological polar surface area (TPSA) is 53.6 Å². The number of carbonyl (C=O) groups excluding carboxylic acids is 1. The van der Waals surface area contributed by atoms with Crippen molar-refractivity contribution in [3.05, 3.63) is 0 Å². The van der Waals surface area contributed by atoms with Gasteiger partial charge in [-0.3, -0.25) is 9.69 Å². The number of carbonyl (C=O) groups is 1. The second-order valence-corrected chi connectivity index (χ2v) is 4.87. The quantitative estimate of drug-likeness (QED) is 0.677. The Hall–Kier alpha value is -0.650. The van der Waals surface area contributed by atoms with Crippen molar-refractivity contribution in [1.82, 2.24) is 15.5 Å². The Morgan fingerprint density at radius 1 is 1.41 bits per heavy atom. The molecule has 0 aliphatic carbocycles. The van der Waals surface area contributed by atoms with E-state index in [-0.39, 0.29) is 5.91 Å². The largest absolute Gasteiger partial charge is 0.379 e. The van der Waals surface area contributed by atoms with Crippen LogP contribution in [-0.4, -0.2) is 63.3 Å². The molecule has 2 saturated heterocycles. The summed E-state index contributed by atoms with van der Waals surface area (Å²) in [6.45, 7) is 7.38. The Balaban J connectivity index is 1.53. The van der Waals surface area contributed by atoms with Crippen LogP contribution in [0.5, 0.6) is 0 Å². The van der Waals surface area contributed by atoms with E-state index in [0.717, 1.165) is 58.9 Å². The maximum Gasteiger partial charge on any atom is 0.220 e. The number of amides is 1. The third-order valence-electron chi connectivity index (χ3n) is 3.49. The molecule has 2 fully saturated rings. The fourth-order valence-electron chi connectivity index (χ4n) is 2.40. The molecule has 17 heavy (non-hydrogen) atoms. The maximum atomic E-state index is 11.7. The first-order chi connectivity index (χ1) is 8.34. The van der Waals surface area contributed by atoms with Gasteiger partial charge in [-0.15, -0.1) is 0 Å². The zero-order valence-corrected chi connectivity index (χ0v) is 10.4. The summed E-state index contributed by atoms with van der Waals surface area (Å²) in [5.74, 6) is 0.741. The van der Waals surface area contributed by atoms with Gasteiger partial charge in [-0.1, -0.05) is 0 Å². The molecule has 0 saturated carbocycles. The van der Waals surface area contributed by atoms with Crippen LogP contribution in [0.2, 0.25) is 0 Å². The molecule has 2 aliphatic heterocycles. The highest BCUT2D eigenvalue weighted by molar-refractivity contribution is 5.76. The van der Waals surface area contributed by atoms with Crippen LogP contribution in [0.15, 0.2) is 0 Å². The van der Waals surface area contributed by atoms with Crippen LogP contribution in [-0.2, 0) is 9.53 Å². The highest BCUT2D eigenvalue weighted by Crippen LogP contribution is 2.11. The Morgan fingerprint density at radius 2 is 2.24 bits per heavy atom. The summed E-state index contributed by atoms with van der Waals surface area (Å²) in [5, 5.41) is 6.29. The van der Waals surface area contributed by atoms with Crippen molar-refractivity contribution in [2.45, 2.75) is 12.8 Å².